The second-order valence-electron chi connectivity index (χ2n) is 5.26. The molecule has 1 aromatic rings. The largest absolute Gasteiger partial charge is 0.477 e. The summed E-state index contributed by atoms with van der Waals surface area (Å²) in [5.74, 6) is -1.58. The molecule has 2 amide bonds. The van der Waals surface area contributed by atoms with E-state index in [1.165, 1.54) is 17.2 Å². The number of carbonyl (C=O) groups excluding carboxylic acids is 2. The van der Waals surface area contributed by atoms with Gasteiger partial charge in [-0.05, 0) is 24.5 Å². The van der Waals surface area contributed by atoms with Gasteiger partial charge in [-0.1, -0.05) is 12.5 Å². The van der Waals surface area contributed by atoms with Crippen LogP contribution in [0.1, 0.15) is 35.3 Å². The highest BCUT2D eigenvalue weighted by atomic mass is 16.4. The fourth-order valence-electron chi connectivity index (χ4n) is 3.04. The van der Waals surface area contributed by atoms with Crippen molar-refractivity contribution in [2.24, 2.45) is 11.8 Å². The van der Waals surface area contributed by atoms with Gasteiger partial charge in [-0.3, -0.25) is 14.5 Å². The number of amides is 2. The Morgan fingerprint density at radius 1 is 1.25 bits per heavy atom. The lowest BCUT2D eigenvalue weighted by molar-refractivity contribution is -0.141. The zero-order valence-corrected chi connectivity index (χ0v) is 10.8. The molecular formula is C14H14N2O4. The third-order valence-electron chi connectivity index (χ3n) is 4.07. The Hall–Kier alpha value is -2.24. The molecule has 1 aliphatic heterocycles. The van der Waals surface area contributed by atoms with E-state index in [1.54, 1.807) is 6.07 Å². The number of pyridine rings is 1. The van der Waals surface area contributed by atoms with Crippen molar-refractivity contribution in [2.45, 2.75) is 25.8 Å². The van der Waals surface area contributed by atoms with Crippen LogP contribution in [0.3, 0.4) is 0 Å². The molecule has 2 unspecified atom stereocenters. The van der Waals surface area contributed by atoms with E-state index in [4.69, 9.17) is 5.11 Å². The number of carbonyl (C=O) groups is 3. The fourth-order valence-corrected chi connectivity index (χ4v) is 3.04. The predicted molar refractivity (Wildman–Crippen MR) is 67.6 cm³/mol. The van der Waals surface area contributed by atoms with Crippen LogP contribution in [0.15, 0.2) is 18.3 Å². The van der Waals surface area contributed by atoms with Gasteiger partial charge in [0.2, 0.25) is 11.8 Å². The molecule has 2 heterocycles. The molecule has 1 saturated carbocycles. The molecule has 2 aliphatic rings. The summed E-state index contributed by atoms with van der Waals surface area (Å²) in [4.78, 5) is 40.1. The van der Waals surface area contributed by atoms with E-state index < -0.39 is 5.97 Å². The average Bonchev–Trinajstić information content (AvgIpc) is 2.99. The molecule has 1 aromatic heterocycles. The molecule has 0 spiro atoms. The maximum Gasteiger partial charge on any atom is 0.354 e. The Kier molecular flexibility index (Phi) is 3.00. The van der Waals surface area contributed by atoms with Crippen LogP contribution in [0.25, 0.3) is 0 Å². The second-order valence-corrected chi connectivity index (χ2v) is 5.26. The number of hydrogen-bond donors (Lipinski definition) is 1. The maximum atomic E-state index is 12.2. The van der Waals surface area contributed by atoms with Gasteiger partial charge in [0.25, 0.3) is 0 Å². The van der Waals surface area contributed by atoms with Gasteiger partial charge in [-0.15, -0.1) is 0 Å². The molecule has 0 radical (unpaired) electrons. The van der Waals surface area contributed by atoms with Crippen molar-refractivity contribution >= 4 is 17.8 Å². The van der Waals surface area contributed by atoms with Crippen molar-refractivity contribution in [2.75, 3.05) is 0 Å². The first-order valence-electron chi connectivity index (χ1n) is 6.61. The summed E-state index contributed by atoms with van der Waals surface area (Å²) in [5, 5.41) is 8.77. The molecule has 6 nitrogen and oxygen atoms in total. The predicted octanol–water partition coefficient (Wildman–Crippen LogP) is 1.06. The van der Waals surface area contributed by atoms with Gasteiger partial charge in [0.1, 0.15) is 5.69 Å². The topological polar surface area (TPSA) is 87.6 Å². The standard InChI is InChI=1S/C14H14N2O4/c17-12-9-2-1-3-10(9)13(18)16(12)7-8-4-5-11(14(19)20)15-6-8/h4-6,9-10H,1-3,7H2,(H,19,20). The number of aromatic carboxylic acids is 1. The highest BCUT2D eigenvalue weighted by Crippen LogP contribution is 2.40. The van der Waals surface area contributed by atoms with E-state index in [1.807, 2.05) is 0 Å². The number of carboxylic acid groups (broad SMARTS) is 1. The molecule has 1 aliphatic carbocycles. The summed E-state index contributed by atoms with van der Waals surface area (Å²) < 4.78 is 0. The SMILES string of the molecule is O=C(O)c1ccc(CN2C(=O)C3CCCC3C2=O)cn1. The van der Waals surface area contributed by atoms with Crippen LogP contribution in [0.4, 0.5) is 0 Å². The van der Waals surface area contributed by atoms with E-state index in [-0.39, 0.29) is 35.9 Å². The monoisotopic (exact) mass is 274 g/mol. The quantitative estimate of drug-likeness (QED) is 0.833. The molecule has 2 fully saturated rings. The van der Waals surface area contributed by atoms with Gasteiger partial charge in [-0.25, -0.2) is 9.78 Å². The minimum Gasteiger partial charge on any atom is -0.477 e. The van der Waals surface area contributed by atoms with Crippen LogP contribution in [-0.4, -0.2) is 32.8 Å². The molecule has 104 valence electrons. The number of fused-ring (bicyclic) bond motifs is 1. The lowest BCUT2D eigenvalue weighted by Crippen LogP contribution is -2.31. The molecule has 3 rings (SSSR count). The van der Waals surface area contributed by atoms with Crippen molar-refractivity contribution in [1.29, 1.82) is 0 Å². The Bertz CT molecular complexity index is 559. The number of carboxylic acids is 1. The highest BCUT2D eigenvalue weighted by Gasteiger charge is 2.49. The van der Waals surface area contributed by atoms with Crippen molar-refractivity contribution < 1.29 is 19.5 Å². The summed E-state index contributed by atoms with van der Waals surface area (Å²) in [7, 11) is 0. The maximum absolute atomic E-state index is 12.2. The molecular weight excluding hydrogens is 260 g/mol. The highest BCUT2D eigenvalue weighted by molar-refractivity contribution is 6.05. The summed E-state index contributed by atoms with van der Waals surface area (Å²) in [6, 6.07) is 2.97. The van der Waals surface area contributed by atoms with Gasteiger partial charge >= 0.3 is 5.97 Å². The van der Waals surface area contributed by atoms with E-state index in [9.17, 15) is 14.4 Å². The lowest BCUT2D eigenvalue weighted by atomic mass is 10.00. The third-order valence-corrected chi connectivity index (χ3v) is 4.07. The van der Waals surface area contributed by atoms with Gasteiger partial charge in [0.15, 0.2) is 0 Å². The van der Waals surface area contributed by atoms with Crippen molar-refractivity contribution in [3.8, 4) is 0 Å². The molecule has 6 heteroatoms. The molecule has 0 aromatic carbocycles. The van der Waals surface area contributed by atoms with Crippen LogP contribution < -0.4 is 0 Å². The number of likely N-dealkylation sites (tertiary alicyclic amines) is 1. The smallest absolute Gasteiger partial charge is 0.354 e. The number of hydrogen-bond acceptors (Lipinski definition) is 4. The summed E-state index contributed by atoms with van der Waals surface area (Å²) >= 11 is 0. The van der Waals surface area contributed by atoms with Crippen LogP contribution in [0.2, 0.25) is 0 Å². The molecule has 2 atom stereocenters. The number of aromatic nitrogens is 1. The fraction of sp³-hybridized carbons (Fsp3) is 0.429. The number of nitrogens with zero attached hydrogens (tertiary/aromatic N) is 2. The Balaban J connectivity index is 1.76. The summed E-state index contributed by atoms with van der Waals surface area (Å²) in [6.45, 7) is 0.178. The molecule has 1 N–H and O–H groups in total. The van der Waals surface area contributed by atoms with Gasteiger partial charge in [-0.2, -0.15) is 0 Å². The minimum atomic E-state index is -1.10. The summed E-state index contributed by atoms with van der Waals surface area (Å²) in [6.07, 6.45) is 3.93. The second kappa shape index (κ2) is 4.70. The van der Waals surface area contributed by atoms with Gasteiger partial charge in [0, 0.05) is 6.20 Å². The van der Waals surface area contributed by atoms with E-state index >= 15 is 0 Å². The average molecular weight is 274 g/mol. The third kappa shape index (κ3) is 1.97. The van der Waals surface area contributed by atoms with Crippen LogP contribution in [-0.2, 0) is 16.1 Å². The zero-order valence-electron chi connectivity index (χ0n) is 10.8. The van der Waals surface area contributed by atoms with Crippen molar-refractivity contribution in [3.05, 3.63) is 29.6 Å². The normalized spacial score (nSPS) is 25.1. The molecule has 1 saturated heterocycles. The Labute approximate surface area is 115 Å². The van der Waals surface area contributed by atoms with E-state index in [0.717, 1.165) is 19.3 Å². The minimum absolute atomic E-state index is 0.0512. The number of imide groups is 1. The molecule has 0 bridgehead atoms. The van der Waals surface area contributed by atoms with Crippen molar-refractivity contribution in [1.82, 2.24) is 9.88 Å². The van der Waals surface area contributed by atoms with Crippen LogP contribution in [0, 0.1) is 11.8 Å². The van der Waals surface area contributed by atoms with E-state index in [0.29, 0.717) is 5.56 Å². The van der Waals surface area contributed by atoms with Gasteiger partial charge < -0.3 is 5.11 Å². The van der Waals surface area contributed by atoms with Crippen molar-refractivity contribution in [3.63, 3.8) is 0 Å². The number of rotatable bonds is 3. The molecule has 20 heavy (non-hydrogen) atoms. The first kappa shape index (κ1) is 12.8. The van der Waals surface area contributed by atoms with Crippen LogP contribution >= 0.6 is 0 Å². The van der Waals surface area contributed by atoms with Gasteiger partial charge in [0.05, 0.1) is 18.4 Å². The Morgan fingerprint density at radius 2 is 1.90 bits per heavy atom. The summed E-state index contributed by atoms with van der Waals surface area (Å²) in [5.41, 5.74) is 0.612. The van der Waals surface area contributed by atoms with Crippen LogP contribution in [0.5, 0.6) is 0 Å². The lowest BCUT2D eigenvalue weighted by Gasteiger charge is -2.15. The first-order chi connectivity index (χ1) is 9.58. The Morgan fingerprint density at radius 3 is 2.40 bits per heavy atom. The zero-order chi connectivity index (χ0) is 14.3. The van der Waals surface area contributed by atoms with E-state index in [2.05, 4.69) is 4.98 Å². The first-order valence-corrected chi connectivity index (χ1v) is 6.61.